The molecular weight excluding hydrogens is 392 g/mol. The molecule has 6 nitrogen and oxygen atoms in total. The van der Waals surface area contributed by atoms with Crippen molar-refractivity contribution >= 4 is 23.1 Å². The van der Waals surface area contributed by atoms with Gasteiger partial charge in [0.2, 0.25) is 0 Å². The normalized spacial score (nSPS) is 14.0. The van der Waals surface area contributed by atoms with Crippen molar-refractivity contribution in [2.24, 2.45) is 5.92 Å². The zero-order valence-corrected chi connectivity index (χ0v) is 18.6. The highest BCUT2D eigenvalue weighted by molar-refractivity contribution is 6.36. The Kier molecular flexibility index (Phi) is 7.47. The lowest BCUT2D eigenvalue weighted by molar-refractivity contribution is -0.137. The second-order valence-corrected chi connectivity index (χ2v) is 7.91. The number of anilines is 1. The lowest BCUT2D eigenvalue weighted by Crippen LogP contribution is -2.35. The third-order valence-corrected chi connectivity index (χ3v) is 5.04. The zero-order valence-electron chi connectivity index (χ0n) is 18.6. The first-order chi connectivity index (χ1) is 14.9. The summed E-state index contributed by atoms with van der Waals surface area (Å²) in [6.45, 7) is 7.36. The maximum absolute atomic E-state index is 13.1. The number of carbonyl (C=O) groups excluding carboxylic acids is 2. The molecule has 2 aromatic rings. The molecule has 2 aromatic carbocycles. The number of imide groups is 1. The van der Waals surface area contributed by atoms with Crippen LogP contribution >= 0.6 is 0 Å². The summed E-state index contributed by atoms with van der Waals surface area (Å²) < 4.78 is 10.8. The van der Waals surface area contributed by atoms with Crippen LogP contribution in [0.3, 0.4) is 0 Å². The summed E-state index contributed by atoms with van der Waals surface area (Å²) in [7, 11) is 1.55. The average molecular weight is 423 g/mol. The van der Waals surface area contributed by atoms with Crippen LogP contribution in [0.5, 0.6) is 5.75 Å². The Bertz CT molecular complexity index is 946. The van der Waals surface area contributed by atoms with Crippen molar-refractivity contribution < 1.29 is 19.1 Å². The molecular formula is C25H30N2O4. The van der Waals surface area contributed by atoms with Crippen LogP contribution in [-0.2, 0) is 20.7 Å². The summed E-state index contributed by atoms with van der Waals surface area (Å²) in [5, 5.41) is 3.18. The van der Waals surface area contributed by atoms with Crippen LogP contribution in [0.15, 0.2) is 54.2 Å². The Morgan fingerprint density at radius 3 is 2.23 bits per heavy atom. The number of carbonyl (C=O) groups is 2. The van der Waals surface area contributed by atoms with Crippen LogP contribution in [0, 0.1) is 5.92 Å². The van der Waals surface area contributed by atoms with Gasteiger partial charge in [-0.3, -0.25) is 14.5 Å². The number of ether oxygens (including phenoxy) is 2. The van der Waals surface area contributed by atoms with Crippen molar-refractivity contribution in [3.05, 3.63) is 65.4 Å². The van der Waals surface area contributed by atoms with E-state index in [1.807, 2.05) is 48.5 Å². The molecule has 0 radical (unpaired) electrons. The second kappa shape index (κ2) is 10.3. The van der Waals surface area contributed by atoms with Gasteiger partial charge in [-0.25, -0.2) is 0 Å². The molecule has 0 aromatic heterocycles. The van der Waals surface area contributed by atoms with Crippen molar-refractivity contribution in [1.82, 2.24) is 4.90 Å². The fourth-order valence-corrected chi connectivity index (χ4v) is 3.29. The van der Waals surface area contributed by atoms with Gasteiger partial charge in [-0.2, -0.15) is 0 Å². The van der Waals surface area contributed by atoms with Gasteiger partial charge in [0.05, 0.1) is 25.3 Å². The fourth-order valence-electron chi connectivity index (χ4n) is 3.29. The Balaban J connectivity index is 1.93. The van der Waals surface area contributed by atoms with E-state index in [-0.39, 0.29) is 30.7 Å². The topological polar surface area (TPSA) is 67.9 Å². The third-order valence-electron chi connectivity index (χ3n) is 5.04. The van der Waals surface area contributed by atoms with E-state index in [1.165, 1.54) is 10.5 Å². The molecule has 0 spiro atoms. The molecule has 0 saturated heterocycles. The van der Waals surface area contributed by atoms with Crippen LogP contribution in [0.2, 0.25) is 0 Å². The number of hydrogen-bond acceptors (Lipinski definition) is 5. The van der Waals surface area contributed by atoms with E-state index < -0.39 is 0 Å². The number of nitrogens with zero attached hydrogens (tertiary/aromatic N) is 1. The van der Waals surface area contributed by atoms with Crippen LogP contribution in [0.1, 0.15) is 31.9 Å². The van der Waals surface area contributed by atoms with E-state index >= 15 is 0 Å². The highest BCUT2D eigenvalue weighted by Crippen LogP contribution is 2.31. The maximum Gasteiger partial charge on any atom is 0.278 e. The SMILES string of the molecule is CCc1ccc(NC2=C(c3ccc(OCC(C)C)cc3)C(=O)N(CCOC)C2=O)cc1. The standard InChI is InChI=1S/C25H30N2O4/c1-5-18-6-10-20(11-7-18)26-23-22(24(28)27(25(23)29)14-15-30-4)19-8-12-21(13-9-19)31-16-17(2)3/h6-13,17,26H,5,14-16H2,1-4H3. The first-order valence-corrected chi connectivity index (χ1v) is 10.6. The molecule has 6 heteroatoms. The van der Waals surface area contributed by atoms with E-state index in [0.717, 1.165) is 17.9 Å². The number of nitrogens with one attached hydrogen (secondary N) is 1. The van der Waals surface area contributed by atoms with Crippen molar-refractivity contribution in [1.29, 1.82) is 0 Å². The molecule has 0 saturated carbocycles. The lowest BCUT2D eigenvalue weighted by Gasteiger charge is -2.14. The van der Waals surface area contributed by atoms with Gasteiger partial charge in [0.15, 0.2) is 0 Å². The number of aryl methyl sites for hydroxylation is 1. The Hall–Kier alpha value is -3.12. The molecule has 3 rings (SSSR count). The maximum atomic E-state index is 13.1. The predicted octanol–water partition coefficient (Wildman–Crippen LogP) is 4.12. The highest BCUT2D eigenvalue weighted by Gasteiger charge is 2.38. The number of benzene rings is 2. The number of hydrogen-bond donors (Lipinski definition) is 1. The quantitative estimate of drug-likeness (QED) is 0.584. The lowest BCUT2D eigenvalue weighted by atomic mass is 10.0. The molecule has 164 valence electrons. The van der Waals surface area contributed by atoms with Gasteiger partial charge >= 0.3 is 0 Å². The molecule has 0 unspecified atom stereocenters. The van der Waals surface area contributed by atoms with E-state index in [4.69, 9.17) is 9.47 Å². The monoisotopic (exact) mass is 422 g/mol. The van der Waals surface area contributed by atoms with Gasteiger partial charge in [0, 0.05) is 12.8 Å². The summed E-state index contributed by atoms with van der Waals surface area (Å²) in [6, 6.07) is 15.1. The Labute approximate surface area is 183 Å². The van der Waals surface area contributed by atoms with Crippen LogP contribution in [0.25, 0.3) is 5.57 Å². The van der Waals surface area contributed by atoms with Crippen LogP contribution < -0.4 is 10.1 Å². The summed E-state index contributed by atoms with van der Waals surface area (Å²) in [6.07, 6.45) is 0.932. The first kappa shape index (κ1) is 22.6. The van der Waals surface area contributed by atoms with Crippen molar-refractivity contribution in [3.63, 3.8) is 0 Å². The molecule has 0 aliphatic carbocycles. The predicted molar refractivity (Wildman–Crippen MR) is 122 cm³/mol. The smallest absolute Gasteiger partial charge is 0.278 e. The minimum absolute atomic E-state index is 0.202. The first-order valence-electron chi connectivity index (χ1n) is 10.6. The van der Waals surface area contributed by atoms with E-state index in [1.54, 1.807) is 7.11 Å². The van der Waals surface area contributed by atoms with Crippen molar-refractivity contribution in [3.8, 4) is 5.75 Å². The van der Waals surface area contributed by atoms with Gasteiger partial charge in [0.1, 0.15) is 11.4 Å². The largest absolute Gasteiger partial charge is 0.493 e. The zero-order chi connectivity index (χ0) is 22.4. The Morgan fingerprint density at radius 2 is 1.65 bits per heavy atom. The van der Waals surface area contributed by atoms with Crippen LogP contribution in [-0.4, -0.2) is 43.6 Å². The molecule has 2 amide bonds. The summed E-state index contributed by atoms with van der Waals surface area (Å²) >= 11 is 0. The number of amides is 2. The van der Waals surface area contributed by atoms with Crippen LogP contribution in [0.4, 0.5) is 5.69 Å². The van der Waals surface area contributed by atoms with E-state index in [2.05, 4.69) is 26.1 Å². The molecule has 0 bridgehead atoms. The van der Waals surface area contributed by atoms with Gasteiger partial charge in [0.25, 0.3) is 11.8 Å². The second-order valence-electron chi connectivity index (χ2n) is 7.91. The third kappa shape index (κ3) is 5.33. The number of rotatable bonds is 10. The van der Waals surface area contributed by atoms with Crippen molar-refractivity contribution in [2.75, 3.05) is 32.2 Å². The molecule has 1 heterocycles. The average Bonchev–Trinajstić information content (AvgIpc) is 3.00. The van der Waals surface area contributed by atoms with Gasteiger partial charge < -0.3 is 14.8 Å². The molecule has 1 aliphatic heterocycles. The summed E-state index contributed by atoms with van der Waals surface area (Å²) in [5.41, 5.74) is 3.27. The minimum Gasteiger partial charge on any atom is -0.493 e. The van der Waals surface area contributed by atoms with Crippen molar-refractivity contribution in [2.45, 2.75) is 27.2 Å². The minimum atomic E-state index is -0.350. The summed E-state index contributed by atoms with van der Waals surface area (Å²) in [5.74, 6) is 0.471. The molecule has 0 atom stereocenters. The van der Waals surface area contributed by atoms with Gasteiger partial charge in [-0.15, -0.1) is 0 Å². The van der Waals surface area contributed by atoms with Gasteiger partial charge in [-0.1, -0.05) is 45.0 Å². The molecule has 1 N–H and O–H groups in total. The molecule has 0 fully saturated rings. The van der Waals surface area contributed by atoms with E-state index in [9.17, 15) is 9.59 Å². The number of methoxy groups -OCH3 is 1. The molecule has 31 heavy (non-hydrogen) atoms. The summed E-state index contributed by atoms with van der Waals surface area (Å²) in [4.78, 5) is 27.5. The Morgan fingerprint density at radius 1 is 0.968 bits per heavy atom. The molecule has 1 aliphatic rings. The highest BCUT2D eigenvalue weighted by atomic mass is 16.5. The fraction of sp³-hybridized carbons (Fsp3) is 0.360. The van der Waals surface area contributed by atoms with E-state index in [0.29, 0.717) is 23.7 Å². The van der Waals surface area contributed by atoms with Gasteiger partial charge in [-0.05, 0) is 47.7 Å².